The summed E-state index contributed by atoms with van der Waals surface area (Å²) in [4.78, 5) is 17.6. The second-order valence-corrected chi connectivity index (χ2v) is 8.06. The van der Waals surface area contributed by atoms with Gasteiger partial charge in [0, 0.05) is 43.5 Å². The normalized spacial score (nSPS) is 15.4. The molecule has 1 saturated heterocycles. The number of aromatic nitrogens is 2. The van der Waals surface area contributed by atoms with E-state index in [0.29, 0.717) is 30.2 Å². The fraction of sp³-hybridized carbons (Fsp3) is 0.360. The summed E-state index contributed by atoms with van der Waals surface area (Å²) in [6.07, 6.45) is 0. The number of nitrogens with zero attached hydrogens (tertiary/aromatic N) is 3. The van der Waals surface area contributed by atoms with E-state index in [1.165, 1.54) is 11.1 Å². The molecule has 1 fully saturated rings. The first kappa shape index (κ1) is 21.9. The lowest BCUT2D eigenvalue weighted by atomic mass is 9.95. The minimum absolute atomic E-state index is 0.0175. The molecule has 1 amide bonds. The minimum atomic E-state index is -0.0175. The van der Waals surface area contributed by atoms with Crippen LogP contribution in [0.15, 0.2) is 48.5 Å². The Morgan fingerprint density at radius 1 is 1.00 bits per heavy atom. The predicted octanol–water partition coefficient (Wildman–Crippen LogP) is 3.59. The van der Waals surface area contributed by atoms with Crippen molar-refractivity contribution < 1.29 is 14.3 Å². The van der Waals surface area contributed by atoms with Gasteiger partial charge >= 0.3 is 0 Å². The summed E-state index contributed by atoms with van der Waals surface area (Å²) in [6, 6.07) is 15.9. The molecular weight excluding hydrogens is 404 g/mol. The zero-order chi connectivity index (χ0) is 22.7. The maximum Gasteiger partial charge on any atom is 0.257 e. The second kappa shape index (κ2) is 9.44. The van der Waals surface area contributed by atoms with Crippen LogP contribution in [0.5, 0.6) is 11.5 Å². The van der Waals surface area contributed by atoms with Crippen LogP contribution in [-0.2, 0) is 0 Å². The van der Waals surface area contributed by atoms with E-state index < -0.39 is 0 Å². The third-order valence-corrected chi connectivity index (χ3v) is 6.18. The minimum Gasteiger partial charge on any atom is -0.497 e. The molecule has 1 aliphatic heterocycles. The van der Waals surface area contributed by atoms with Gasteiger partial charge in [0.2, 0.25) is 0 Å². The zero-order valence-corrected chi connectivity index (χ0v) is 19.1. The summed E-state index contributed by atoms with van der Waals surface area (Å²) in [5.74, 6) is 1.18. The summed E-state index contributed by atoms with van der Waals surface area (Å²) >= 11 is 0. The molecule has 1 unspecified atom stereocenters. The number of methoxy groups -OCH3 is 2. The van der Waals surface area contributed by atoms with Crippen molar-refractivity contribution in [2.24, 2.45) is 0 Å². The molecule has 0 saturated carbocycles. The fourth-order valence-electron chi connectivity index (χ4n) is 4.49. The van der Waals surface area contributed by atoms with Crippen molar-refractivity contribution in [2.75, 3.05) is 40.4 Å². The molecule has 1 aromatic heterocycles. The van der Waals surface area contributed by atoms with E-state index in [4.69, 9.17) is 9.47 Å². The molecule has 1 N–H and O–H groups in total. The maximum atomic E-state index is 13.2. The molecule has 2 aromatic carbocycles. The highest BCUT2D eigenvalue weighted by Crippen LogP contribution is 2.33. The average molecular weight is 435 g/mol. The van der Waals surface area contributed by atoms with Crippen LogP contribution >= 0.6 is 0 Å². The first-order chi connectivity index (χ1) is 15.5. The van der Waals surface area contributed by atoms with Gasteiger partial charge in [0.1, 0.15) is 11.5 Å². The quantitative estimate of drug-likeness (QED) is 0.642. The fourth-order valence-corrected chi connectivity index (χ4v) is 4.49. The van der Waals surface area contributed by atoms with Gasteiger partial charge in [-0.05, 0) is 31.5 Å². The van der Waals surface area contributed by atoms with Gasteiger partial charge in [-0.1, -0.05) is 30.3 Å². The number of benzene rings is 2. The topological polar surface area (TPSA) is 70.7 Å². The number of aryl methyl sites for hydroxylation is 2. The van der Waals surface area contributed by atoms with Crippen molar-refractivity contribution >= 4 is 5.91 Å². The van der Waals surface area contributed by atoms with Gasteiger partial charge < -0.3 is 14.4 Å². The van der Waals surface area contributed by atoms with E-state index in [2.05, 4.69) is 46.3 Å². The standard InChI is InChI=1S/C25H30N4O3/c1-17-23(18(2)27-26-17)24(19-8-6-5-7-9-19)28-12-14-29(15-13-28)25(30)21-11-10-20(31-3)16-22(21)32-4/h5-11,16,24H,12-15H2,1-4H3,(H,26,27). The number of aromatic amines is 1. The Bertz CT molecular complexity index is 1050. The van der Waals surface area contributed by atoms with Crippen LogP contribution in [-0.4, -0.2) is 66.3 Å². The Hall–Kier alpha value is -3.32. The molecule has 2 heterocycles. The van der Waals surface area contributed by atoms with Gasteiger partial charge in [0.15, 0.2) is 0 Å². The van der Waals surface area contributed by atoms with Crippen LogP contribution in [0, 0.1) is 13.8 Å². The molecule has 7 nitrogen and oxygen atoms in total. The molecule has 4 rings (SSSR count). The molecule has 0 aliphatic carbocycles. The number of H-pyrrole nitrogens is 1. The highest BCUT2D eigenvalue weighted by Gasteiger charge is 2.31. The number of hydrogen-bond acceptors (Lipinski definition) is 5. The molecule has 0 bridgehead atoms. The number of ether oxygens (including phenoxy) is 2. The predicted molar refractivity (Wildman–Crippen MR) is 123 cm³/mol. The molecule has 1 aliphatic rings. The first-order valence-electron chi connectivity index (χ1n) is 10.8. The summed E-state index contributed by atoms with van der Waals surface area (Å²) in [7, 11) is 3.17. The number of carbonyl (C=O) groups is 1. The lowest BCUT2D eigenvalue weighted by molar-refractivity contribution is 0.0593. The van der Waals surface area contributed by atoms with Gasteiger partial charge in [-0.3, -0.25) is 14.8 Å². The largest absolute Gasteiger partial charge is 0.497 e. The summed E-state index contributed by atoms with van der Waals surface area (Å²) < 4.78 is 10.7. The zero-order valence-electron chi connectivity index (χ0n) is 19.1. The Kier molecular flexibility index (Phi) is 6.46. The molecule has 0 spiro atoms. The highest BCUT2D eigenvalue weighted by molar-refractivity contribution is 5.97. The summed E-state index contributed by atoms with van der Waals surface area (Å²) in [5, 5.41) is 7.56. The van der Waals surface area contributed by atoms with Crippen molar-refractivity contribution in [3.8, 4) is 11.5 Å². The number of nitrogens with one attached hydrogen (secondary N) is 1. The van der Waals surface area contributed by atoms with Crippen LogP contribution in [0.3, 0.4) is 0 Å². The molecule has 168 valence electrons. The SMILES string of the molecule is COc1ccc(C(=O)N2CCN(C(c3ccccc3)c3c(C)n[nH]c3C)CC2)c(OC)c1. The Labute approximate surface area is 188 Å². The van der Waals surface area contributed by atoms with Gasteiger partial charge in [0.05, 0.1) is 31.5 Å². The van der Waals surface area contributed by atoms with E-state index in [1.54, 1.807) is 32.4 Å². The molecule has 0 radical (unpaired) electrons. The molecule has 32 heavy (non-hydrogen) atoms. The van der Waals surface area contributed by atoms with E-state index >= 15 is 0 Å². The monoisotopic (exact) mass is 434 g/mol. The number of amides is 1. The van der Waals surface area contributed by atoms with Crippen LogP contribution in [0.25, 0.3) is 0 Å². The van der Waals surface area contributed by atoms with Crippen molar-refractivity contribution in [3.05, 3.63) is 76.6 Å². The molecular formula is C25H30N4O3. The molecule has 3 aromatic rings. The van der Waals surface area contributed by atoms with E-state index in [9.17, 15) is 4.79 Å². The Balaban J connectivity index is 1.55. The van der Waals surface area contributed by atoms with Crippen LogP contribution < -0.4 is 9.47 Å². The van der Waals surface area contributed by atoms with Crippen molar-refractivity contribution in [1.29, 1.82) is 0 Å². The van der Waals surface area contributed by atoms with Crippen molar-refractivity contribution in [3.63, 3.8) is 0 Å². The Morgan fingerprint density at radius 3 is 2.31 bits per heavy atom. The van der Waals surface area contributed by atoms with Crippen LogP contribution in [0.4, 0.5) is 0 Å². The van der Waals surface area contributed by atoms with E-state index in [1.807, 2.05) is 17.9 Å². The van der Waals surface area contributed by atoms with E-state index in [0.717, 1.165) is 24.5 Å². The maximum absolute atomic E-state index is 13.2. The van der Waals surface area contributed by atoms with Crippen molar-refractivity contribution in [2.45, 2.75) is 19.9 Å². The Morgan fingerprint density at radius 2 is 1.72 bits per heavy atom. The van der Waals surface area contributed by atoms with Gasteiger partial charge in [0.25, 0.3) is 5.91 Å². The number of rotatable bonds is 6. The highest BCUT2D eigenvalue weighted by atomic mass is 16.5. The number of carbonyl (C=O) groups excluding carboxylic acids is 1. The summed E-state index contributed by atoms with van der Waals surface area (Å²) in [5.41, 5.74) is 5.10. The lowest BCUT2D eigenvalue weighted by Crippen LogP contribution is -2.50. The molecule has 7 heteroatoms. The van der Waals surface area contributed by atoms with Crippen LogP contribution in [0.2, 0.25) is 0 Å². The first-order valence-corrected chi connectivity index (χ1v) is 10.8. The van der Waals surface area contributed by atoms with E-state index in [-0.39, 0.29) is 11.9 Å². The average Bonchev–Trinajstić information content (AvgIpc) is 3.17. The van der Waals surface area contributed by atoms with Gasteiger partial charge in [-0.2, -0.15) is 5.10 Å². The number of piperazine rings is 1. The second-order valence-electron chi connectivity index (χ2n) is 8.06. The number of hydrogen-bond donors (Lipinski definition) is 1. The van der Waals surface area contributed by atoms with Gasteiger partial charge in [-0.25, -0.2) is 0 Å². The van der Waals surface area contributed by atoms with Gasteiger partial charge in [-0.15, -0.1) is 0 Å². The summed E-state index contributed by atoms with van der Waals surface area (Å²) in [6.45, 7) is 6.95. The third-order valence-electron chi connectivity index (χ3n) is 6.18. The third kappa shape index (κ3) is 4.21. The van der Waals surface area contributed by atoms with Crippen molar-refractivity contribution in [1.82, 2.24) is 20.0 Å². The molecule has 1 atom stereocenters. The smallest absolute Gasteiger partial charge is 0.257 e. The lowest BCUT2D eigenvalue weighted by Gasteiger charge is -2.40. The van der Waals surface area contributed by atoms with Crippen LogP contribution in [0.1, 0.15) is 38.9 Å².